The maximum Gasteiger partial charge on any atom is 0.308 e. The Balaban J connectivity index is 1.27. The van der Waals surface area contributed by atoms with Crippen LogP contribution in [0.5, 0.6) is 0 Å². The van der Waals surface area contributed by atoms with Crippen molar-refractivity contribution in [1.29, 1.82) is 0 Å². The van der Waals surface area contributed by atoms with Crippen LogP contribution in [-0.4, -0.2) is 44.2 Å². The number of ether oxygens (including phenoxy) is 1. The van der Waals surface area contributed by atoms with E-state index in [0.29, 0.717) is 11.6 Å². The van der Waals surface area contributed by atoms with Crippen molar-refractivity contribution >= 4 is 11.7 Å². The zero-order valence-electron chi connectivity index (χ0n) is 16.3. The van der Waals surface area contributed by atoms with Crippen molar-refractivity contribution in [1.82, 2.24) is 4.90 Å². The molecule has 4 rings (SSSR count). The van der Waals surface area contributed by atoms with Crippen LogP contribution >= 0.6 is 0 Å². The summed E-state index contributed by atoms with van der Waals surface area (Å²) in [5.74, 6) is 0.297. The van der Waals surface area contributed by atoms with Crippen molar-refractivity contribution in [3.05, 3.63) is 65.5 Å². The Morgan fingerprint density at radius 3 is 2.39 bits per heavy atom. The fourth-order valence-corrected chi connectivity index (χ4v) is 4.24. The number of para-hydroxylation sites is 1. The van der Waals surface area contributed by atoms with Crippen LogP contribution in [0.15, 0.2) is 48.5 Å². The molecule has 2 saturated heterocycles. The number of hydrogen-bond acceptors (Lipinski definition) is 4. The minimum absolute atomic E-state index is 0.0552. The molecule has 0 N–H and O–H groups in total. The number of anilines is 1. The normalized spacial score (nSPS) is 18.7. The van der Waals surface area contributed by atoms with Gasteiger partial charge in [0.25, 0.3) is 0 Å². The van der Waals surface area contributed by atoms with Crippen molar-refractivity contribution in [2.75, 3.05) is 38.2 Å². The molecule has 2 aromatic rings. The summed E-state index contributed by atoms with van der Waals surface area (Å²) in [4.78, 5) is 16.1. The van der Waals surface area contributed by atoms with Crippen LogP contribution in [0.1, 0.15) is 29.9 Å². The molecule has 148 valence electrons. The van der Waals surface area contributed by atoms with Gasteiger partial charge in [0, 0.05) is 25.6 Å². The molecule has 0 radical (unpaired) electrons. The van der Waals surface area contributed by atoms with Crippen LogP contribution in [0.2, 0.25) is 0 Å². The third kappa shape index (κ3) is 4.04. The van der Waals surface area contributed by atoms with Crippen molar-refractivity contribution in [2.24, 2.45) is 5.92 Å². The minimum atomic E-state index is -0.146. The highest BCUT2D eigenvalue weighted by Gasteiger charge is 2.30. The second-order valence-corrected chi connectivity index (χ2v) is 7.87. The molecule has 28 heavy (non-hydrogen) atoms. The average molecular weight is 382 g/mol. The maximum absolute atomic E-state index is 13.9. The number of carbonyl (C=O) groups is 1. The lowest BCUT2D eigenvalue weighted by molar-refractivity contribution is -0.147. The highest BCUT2D eigenvalue weighted by molar-refractivity contribution is 5.72. The summed E-state index contributed by atoms with van der Waals surface area (Å²) in [6.45, 7) is 4.51. The van der Waals surface area contributed by atoms with E-state index in [1.54, 1.807) is 6.07 Å². The molecule has 2 aromatic carbocycles. The first-order valence-electron chi connectivity index (χ1n) is 10.0. The summed E-state index contributed by atoms with van der Waals surface area (Å²) in [6, 6.07) is 15.8. The molecular weight excluding hydrogens is 355 g/mol. The van der Waals surface area contributed by atoms with E-state index in [1.807, 2.05) is 12.1 Å². The number of likely N-dealkylation sites (tertiary alicyclic amines) is 1. The Labute approximate surface area is 165 Å². The molecule has 0 aliphatic carbocycles. The predicted octanol–water partition coefficient (Wildman–Crippen LogP) is 3.81. The molecule has 0 bridgehead atoms. The average Bonchev–Trinajstić information content (AvgIpc) is 2.69. The zero-order valence-corrected chi connectivity index (χ0v) is 16.3. The number of halogens is 1. The predicted molar refractivity (Wildman–Crippen MR) is 108 cm³/mol. The van der Waals surface area contributed by atoms with Crippen LogP contribution in [0.3, 0.4) is 0 Å². The topological polar surface area (TPSA) is 32.8 Å². The summed E-state index contributed by atoms with van der Waals surface area (Å²) in [5, 5.41) is 0. The van der Waals surface area contributed by atoms with Gasteiger partial charge in [-0.2, -0.15) is 0 Å². The van der Waals surface area contributed by atoms with Crippen LogP contribution in [0.25, 0.3) is 0 Å². The Kier molecular flexibility index (Phi) is 5.62. The molecular formula is C23H27FN2O2. The first-order valence-corrected chi connectivity index (χ1v) is 10.0. The van der Waals surface area contributed by atoms with Crippen LogP contribution in [-0.2, 0) is 16.1 Å². The van der Waals surface area contributed by atoms with Crippen molar-refractivity contribution in [2.45, 2.75) is 25.3 Å². The lowest BCUT2D eigenvalue weighted by atomic mass is 9.90. The Morgan fingerprint density at radius 2 is 1.75 bits per heavy atom. The highest BCUT2D eigenvalue weighted by atomic mass is 19.1. The monoisotopic (exact) mass is 382 g/mol. The van der Waals surface area contributed by atoms with E-state index in [0.717, 1.165) is 45.6 Å². The Bertz CT molecular complexity index is 810. The van der Waals surface area contributed by atoms with E-state index in [-0.39, 0.29) is 17.7 Å². The minimum Gasteiger partial charge on any atom is -0.469 e. The van der Waals surface area contributed by atoms with E-state index >= 15 is 0 Å². The van der Waals surface area contributed by atoms with Gasteiger partial charge in [-0.1, -0.05) is 36.4 Å². The summed E-state index contributed by atoms with van der Waals surface area (Å²) >= 11 is 0. The second-order valence-electron chi connectivity index (χ2n) is 7.87. The summed E-state index contributed by atoms with van der Waals surface area (Å²) in [7, 11) is 1.47. The second kappa shape index (κ2) is 8.31. The summed E-state index contributed by atoms with van der Waals surface area (Å²) in [5.41, 5.74) is 3.32. The molecule has 2 aliphatic rings. The lowest BCUT2D eigenvalue weighted by Gasteiger charge is -2.41. The van der Waals surface area contributed by atoms with E-state index < -0.39 is 0 Å². The van der Waals surface area contributed by atoms with Crippen molar-refractivity contribution in [3.8, 4) is 0 Å². The van der Waals surface area contributed by atoms with Gasteiger partial charge in [-0.15, -0.1) is 0 Å². The van der Waals surface area contributed by atoms with Crippen LogP contribution in [0, 0.1) is 11.7 Å². The van der Waals surface area contributed by atoms with Crippen LogP contribution in [0.4, 0.5) is 10.1 Å². The summed E-state index contributed by atoms with van der Waals surface area (Å²) < 4.78 is 18.7. The number of piperidine rings is 1. The molecule has 4 nitrogen and oxygen atoms in total. The van der Waals surface area contributed by atoms with E-state index in [9.17, 15) is 9.18 Å². The number of carbonyl (C=O) groups excluding carboxylic acids is 1. The number of nitrogens with zero attached hydrogens (tertiary/aromatic N) is 2. The number of benzene rings is 2. The number of esters is 1. The zero-order chi connectivity index (χ0) is 19.5. The fraction of sp³-hybridized carbons (Fsp3) is 0.435. The van der Waals surface area contributed by atoms with Gasteiger partial charge in [-0.3, -0.25) is 9.69 Å². The molecule has 0 saturated carbocycles. The SMILES string of the molecule is COC(=O)C1CCN(Cc2ccc(C3CN(c4ccccc4F)C3)cc2)CC1. The van der Waals surface area contributed by atoms with E-state index in [4.69, 9.17) is 4.74 Å². The number of hydrogen-bond donors (Lipinski definition) is 0. The fourth-order valence-electron chi connectivity index (χ4n) is 4.24. The number of rotatable bonds is 5. The van der Waals surface area contributed by atoms with Crippen molar-refractivity contribution < 1.29 is 13.9 Å². The van der Waals surface area contributed by atoms with E-state index in [2.05, 4.69) is 34.1 Å². The number of methoxy groups -OCH3 is 1. The van der Waals surface area contributed by atoms with Gasteiger partial charge >= 0.3 is 5.97 Å². The van der Waals surface area contributed by atoms with Gasteiger partial charge in [-0.05, 0) is 49.2 Å². The van der Waals surface area contributed by atoms with Gasteiger partial charge in [0.2, 0.25) is 0 Å². The van der Waals surface area contributed by atoms with Crippen molar-refractivity contribution in [3.63, 3.8) is 0 Å². The molecule has 0 amide bonds. The Morgan fingerprint density at radius 1 is 1.07 bits per heavy atom. The van der Waals surface area contributed by atoms with Gasteiger partial charge in [-0.25, -0.2) is 4.39 Å². The standard InChI is InChI=1S/C23H27FN2O2/c1-28-23(27)19-10-12-25(13-11-19)14-17-6-8-18(9-7-17)20-15-26(16-20)22-5-3-2-4-21(22)24/h2-9,19-20H,10-16H2,1H3. The largest absolute Gasteiger partial charge is 0.469 e. The molecule has 0 aromatic heterocycles. The smallest absolute Gasteiger partial charge is 0.308 e. The molecule has 0 atom stereocenters. The molecule has 5 heteroatoms. The third-order valence-electron chi connectivity index (χ3n) is 6.05. The van der Waals surface area contributed by atoms with Gasteiger partial charge < -0.3 is 9.64 Å². The molecule has 0 unspecified atom stereocenters. The first kappa shape index (κ1) is 18.9. The molecule has 2 heterocycles. The maximum atomic E-state index is 13.9. The molecule has 2 aliphatic heterocycles. The molecule has 0 spiro atoms. The van der Waals surface area contributed by atoms with E-state index in [1.165, 1.54) is 24.3 Å². The van der Waals surface area contributed by atoms with Gasteiger partial charge in [0.05, 0.1) is 18.7 Å². The first-order chi connectivity index (χ1) is 13.6. The highest BCUT2D eigenvalue weighted by Crippen LogP contribution is 2.33. The van der Waals surface area contributed by atoms with Gasteiger partial charge in [0.1, 0.15) is 5.82 Å². The van der Waals surface area contributed by atoms with Crippen LogP contribution < -0.4 is 4.90 Å². The lowest BCUT2D eigenvalue weighted by Crippen LogP contribution is -2.45. The quantitative estimate of drug-likeness (QED) is 0.736. The van der Waals surface area contributed by atoms with Gasteiger partial charge in [0.15, 0.2) is 0 Å². The molecule has 2 fully saturated rings. The summed E-state index contributed by atoms with van der Waals surface area (Å²) in [6.07, 6.45) is 1.75. The Hall–Kier alpha value is -2.40. The third-order valence-corrected chi connectivity index (χ3v) is 6.05.